The van der Waals surface area contributed by atoms with E-state index in [2.05, 4.69) is 9.97 Å². The number of aromatic nitrogens is 2. The van der Waals surface area contributed by atoms with Crippen molar-refractivity contribution in [2.45, 2.75) is 6.61 Å². The lowest BCUT2D eigenvalue weighted by Crippen LogP contribution is -1.94. The van der Waals surface area contributed by atoms with Gasteiger partial charge in [-0.2, -0.15) is 10.2 Å². The van der Waals surface area contributed by atoms with Crippen molar-refractivity contribution in [2.24, 2.45) is 0 Å². The average molecular weight is 227 g/mol. The highest BCUT2D eigenvalue weighted by atomic mass is 16.5. The van der Waals surface area contributed by atoms with Gasteiger partial charge in [-0.15, -0.1) is 0 Å². The smallest absolute Gasteiger partial charge is 0.323 e. The molecule has 0 aliphatic carbocycles. The second kappa shape index (κ2) is 5.05. The zero-order valence-corrected chi connectivity index (χ0v) is 8.87. The summed E-state index contributed by atoms with van der Waals surface area (Å²) < 4.78 is 5.38. The van der Waals surface area contributed by atoms with Crippen molar-refractivity contribution in [1.29, 1.82) is 5.26 Å². The van der Waals surface area contributed by atoms with Crippen LogP contribution in [0.2, 0.25) is 0 Å². The molecule has 0 fully saturated rings. The minimum absolute atomic E-state index is 0.0592. The zero-order valence-electron chi connectivity index (χ0n) is 8.87. The summed E-state index contributed by atoms with van der Waals surface area (Å²) in [4.78, 5) is 7.78. The maximum atomic E-state index is 8.98. The molecule has 1 heterocycles. The molecule has 0 bridgehead atoms. The quantitative estimate of drug-likeness (QED) is 0.862. The SMILES string of the molecule is N#Cc1ccnc(Oc2cccc(CO)c2)n1. The van der Waals surface area contributed by atoms with Gasteiger partial charge in [0.25, 0.3) is 0 Å². The third-order valence-electron chi connectivity index (χ3n) is 2.04. The van der Waals surface area contributed by atoms with E-state index in [0.29, 0.717) is 5.75 Å². The Bertz CT molecular complexity index is 564. The Balaban J connectivity index is 2.22. The van der Waals surface area contributed by atoms with Gasteiger partial charge in [0.05, 0.1) is 6.61 Å². The first kappa shape index (κ1) is 11.0. The molecule has 0 spiro atoms. The van der Waals surface area contributed by atoms with E-state index in [1.807, 2.05) is 6.07 Å². The lowest BCUT2D eigenvalue weighted by atomic mass is 10.2. The predicted molar refractivity (Wildman–Crippen MR) is 59.2 cm³/mol. The van der Waals surface area contributed by atoms with Gasteiger partial charge in [-0.3, -0.25) is 0 Å². The van der Waals surface area contributed by atoms with Crippen molar-refractivity contribution >= 4 is 0 Å². The number of nitriles is 1. The van der Waals surface area contributed by atoms with Gasteiger partial charge in [0.2, 0.25) is 0 Å². The van der Waals surface area contributed by atoms with Gasteiger partial charge in [0.1, 0.15) is 17.5 Å². The van der Waals surface area contributed by atoms with Crippen LogP contribution in [0.3, 0.4) is 0 Å². The van der Waals surface area contributed by atoms with Gasteiger partial charge >= 0.3 is 6.01 Å². The molecule has 17 heavy (non-hydrogen) atoms. The number of benzene rings is 1. The molecule has 84 valence electrons. The fourth-order valence-corrected chi connectivity index (χ4v) is 1.26. The molecule has 0 unspecified atom stereocenters. The molecular formula is C12H9N3O2. The van der Waals surface area contributed by atoms with Crippen LogP contribution < -0.4 is 4.74 Å². The third kappa shape index (κ3) is 2.77. The van der Waals surface area contributed by atoms with Crippen molar-refractivity contribution in [1.82, 2.24) is 9.97 Å². The van der Waals surface area contributed by atoms with Crippen LogP contribution in [0.25, 0.3) is 0 Å². The minimum Gasteiger partial charge on any atom is -0.424 e. The van der Waals surface area contributed by atoms with Crippen LogP contribution in [-0.2, 0) is 6.61 Å². The number of hydrogen-bond acceptors (Lipinski definition) is 5. The summed E-state index contributed by atoms with van der Waals surface area (Å²) in [7, 11) is 0. The molecular weight excluding hydrogens is 218 g/mol. The van der Waals surface area contributed by atoms with Crippen LogP contribution in [0.5, 0.6) is 11.8 Å². The van der Waals surface area contributed by atoms with Gasteiger partial charge in [-0.25, -0.2) is 4.98 Å². The summed E-state index contributed by atoms with van der Waals surface area (Å²) in [6.07, 6.45) is 1.46. The van der Waals surface area contributed by atoms with Crippen LogP contribution >= 0.6 is 0 Å². The van der Waals surface area contributed by atoms with Crippen molar-refractivity contribution in [2.75, 3.05) is 0 Å². The number of ether oxygens (including phenoxy) is 1. The highest BCUT2D eigenvalue weighted by Crippen LogP contribution is 2.18. The van der Waals surface area contributed by atoms with Gasteiger partial charge < -0.3 is 9.84 Å². The Hall–Kier alpha value is -2.45. The van der Waals surface area contributed by atoms with E-state index in [1.54, 1.807) is 24.3 Å². The molecule has 0 aliphatic rings. The van der Waals surface area contributed by atoms with Crippen molar-refractivity contribution in [3.05, 3.63) is 47.8 Å². The van der Waals surface area contributed by atoms with E-state index >= 15 is 0 Å². The maximum absolute atomic E-state index is 8.98. The van der Waals surface area contributed by atoms with E-state index in [0.717, 1.165) is 5.56 Å². The summed E-state index contributed by atoms with van der Waals surface area (Å²) >= 11 is 0. The van der Waals surface area contributed by atoms with Crippen LogP contribution in [0.4, 0.5) is 0 Å². The second-order valence-corrected chi connectivity index (χ2v) is 3.24. The fraction of sp³-hybridized carbons (Fsp3) is 0.0833. The lowest BCUT2D eigenvalue weighted by molar-refractivity contribution is 0.281. The molecule has 0 radical (unpaired) electrons. The number of hydrogen-bond donors (Lipinski definition) is 1. The highest BCUT2D eigenvalue weighted by molar-refractivity contribution is 5.30. The first-order valence-electron chi connectivity index (χ1n) is 4.92. The second-order valence-electron chi connectivity index (χ2n) is 3.24. The molecule has 1 N–H and O–H groups in total. The minimum atomic E-state index is -0.0592. The maximum Gasteiger partial charge on any atom is 0.323 e. The van der Waals surface area contributed by atoms with Crippen LogP contribution in [-0.4, -0.2) is 15.1 Å². The Morgan fingerprint density at radius 2 is 2.24 bits per heavy atom. The Labute approximate surface area is 98.0 Å². The lowest BCUT2D eigenvalue weighted by Gasteiger charge is -2.04. The third-order valence-corrected chi connectivity index (χ3v) is 2.04. The van der Waals surface area contributed by atoms with Crippen LogP contribution in [0.1, 0.15) is 11.3 Å². The molecule has 2 rings (SSSR count). The fourth-order valence-electron chi connectivity index (χ4n) is 1.26. The molecule has 0 aliphatic heterocycles. The molecule has 0 atom stereocenters. The van der Waals surface area contributed by atoms with Gasteiger partial charge in [0.15, 0.2) is 0 Å². The summed E-state index contributed by atoms with van der Waals surface area (Å²) in [6, 6.07) is 10.5. The van der Waals surface area contributed by atoms with Crippen LogP contribution in [0, 0.1) is 11.3 Å². The Kier molecular flexibility index (Phi) is 3.28. The first-order valence-corrected chi connectivity index (χ1v) is 4.92. The normalized spacial score (nSPS) is 9.65. The zero-order chi connectivity index (χ0) is 12.1. The van der Waals surface area contributed by atoms with Crippen LogP contribution in [0.15, 0.2) is 36.5 Å². The Morgan fingerprint density at radius 3 is 3.00 bits per heavy atom. The molecule has 0 saturated heterocycles. The van der Waals surface area contributed by atoms with Gasteiger partial charge in [-0.05, 0) is 23.8 Å². The molecule has 2 aromatic rings. The van der Waals surface area contributed by atoms with Gasteiger partial charge in [-0.1, -0.05) is 12.1 Å². The molecule has 5 heteroatoms. The topological polar surface area (TPSA) is 79.0 Å². The standard InChI is InChI=1S/C12H9N3O2/c13-7-10-4-5-14-12(15-10)17-11-3-1-2-9(6-11)8-16/h1-6,16H,8H2. The molecule has 1 aromatic heterocycles. The molecule has 0 saturated carbocycles. The highest BCUT2D eigenvalue weighted by Gasteiger charge is 2.02. The van der Waals surface area contributed by atoms with Crippen molar-refractivity contribution in [3.8, 4) is 17.8 Å². The summed E-state index contributed by atoms with van der Waals surface area (Å²) in [6.45, 7) is -0.0592. The molecule has 0 amide bonds. The Morgan fingerprint density at radius 1 is 1.35 bits per heavy atom. The van der Waals surface area contributed by atoms with E-state index in [1.165, 1.54) is 12.3 Å². The van der Waals surface area contributed by atoms with Crippen molar-refractivity contribution in [3.63, 3.8) is 0 Å². The number of rotatable bonds is 3. The monoisotopic (exact) mass is 227 g/mol. The van der Waals surface area contributed by atoms with E-state index in [-0.39, 0.29) is 18.3 Å². The van der Waals surface area contributed by atoms with E-state index in [4.69, 9.17) is 15.1 Å². The van der Waals surface area contributed by atoms with E-state index in [9.17, 15) is 0 Å². The van der Waals surface area contributed by atoms with E-state index < -0.39 is 0 Å². The largest absolute Gasteiger partial charge is 0.424 e. The molecule has 1 aromatic carbocycles. The van der Waals surface area contributed by atoms with Crippen molar-refractivity contribution < 1.29 is 9.84 Å². The van der Waals surface area contributed by atoms with Gasteiger partial charge in [0, 0.05) is 6.20 Å². The summed E-state index contributed by atoms with van der Waals surface area (Å²) in [5.41, 5.74) is 0.979. The summed E-state index contributed by atoms with van der Waals surface area (Å²) in [5.74, 6) is 0.520. The average Bonchev–Trinajstić information content (AvgIpc) is 2.39. The first-order chi connectivity index (χ1) is 8.31. The predicted octanol–water partition coefficient (Wildman–Crippen LogP) is 1.63. The molecule has 5 nitrogen and oxygen atoms in total. The number of aliphatic hydroxyl groups excluding tert-OH is 1. The number of nitrogens with zero attached hydrogens (tertiary/aromatic N) is 3. The number of aliphatic hydroxyl groups is 1. The summed E-state index contributed by atoms with van der Waals surface area (Å²) in [5, 5.41) is 17.7.